The molecule has 10 heteroatoms. The molecule has 0 unspecified atom stereocenters. The van der Waals surface area contributed by atoms with E-state index < -0.39 is 10.0 Å². The summed E-state index contributed by atoms with van der Waals surface area (Å²) in [4.78, 5) is 6.96. The zero-order chi connectivity index (χ0) is 27.0. The molecule has 1 saturated heterocycles. The first kappa shape index (κ1) is 25.7. The van der Waals surface area contributed by atoms with Crippen LogP contribution >= 0.6 is 0 Å². The Morgan fingerprint density at radius 2 is 1.72 bits per heavy atom. The van der Waals surface area contributed by atoms with Gasteiger partial charge in [-0.2, -0.15) is 0 Å². The van der Waals surface area contributed by atoms with Gasteiger partial charge in [0.15, 0.2) is 17.5 Å². The number of likely N-dealkylation sites (tertiary alicyclic amines) is 1. The summed E-state index contributed by atoms with van der Waals surface area (Å²) in [6.45, 7) is 6.42. The van der Waals surface area contributed by atoms with Crippen molar-refractivity contribution in [3.8, 4) is 28.5 Å². The molecule has 0 bridgehead atoms. The lowest BCUT2D eigenvalue weighted by atomic mass is 10.0. The molecular formula is C29H33N7O2S. The zero-order valence-electron chi connectivity index (χ0n) is 22.2. The smallest absolute Gasteiger partial charge is 0.212 e. The van der Waals surface area contributed by atoms with Crippen molar-refractivity contribution in [1.29, 1.82) is 0 Å². The molecule has 39 heavy (non-hydrogen) atoms. The number of para-hydroxylation sites is 1. The van der Waals surface area contributed by atoms with Gasteiger partial charge in [0.05, 0.1) is 17.1 Å². The van der Waals surface area contributed by atoms with Gasteiger partial charge in [-0.3, -0.25) is 9.47 Å². The van der Waals surface area contributed by atoms with Gasteiger partial charge >= 0.3 is 0 Å². The van der Waals surface area contributed by atoms with E-state index in [1.807, 2.05) is 50.2 Å². The predicted molar refractivity (Wildman–Crippen MR) is 153 cm³/mol. The van der Waals surface area contributed by atoms with Crippen molar-refractivity contribution in [2.75, 3.05) is 24.2 Å². The first-order valence-corrected chi connectivity index (χ1v) is 15.1. The maximum absolute atomic E-state index is 12.3. The number of benzene rings is 2. The van der Waals surface area contributed by atoms with Gasteiger partial charge in [0.2, 0.25) is 10.0 Å². The molecule has 2 aliphatic heterocycles. The van der Waals surface area contributed by atoms with Crippen LogP contribution in [0.5, 0.6) is 0 Å². The number of aromatic nitrogens is 4. The summed E-state index contributed by atoms with van der Waals surface area (Å²) < 4.78 is 29.6. The highest BCUT2D eigenvalue weighted by Crippen LogP contribution is 2.39. The van der Waals surface area contributed by atoms with E-state index in [2.05, 4.69) is 59.0 Å². The van der Waals surface area contributed by atoms with E-state index >= 15 is 0 Å². The number of nitrogens with one attached hydrogen (secondary N) is 2. The van der Waals surface area contributed by atoms with Crippen molar-refractivity contribution in [3.05, 3.63) is 72.4 Å². The van der Waals surface area contributed by atoms with Crippen molar-refractivity contribution in [3.63, 3.8) is 0 Å². The number of nitrogens with zero attached hydrogens (tertiary/aromatic N) is 5. The van der Waals surface area contributed by atoms with Gasteiger partial charge in [-0.05, 0) is 48.6 Å². The van der Waals surface area contributed by atoms with E-state index in [1.165, 1.54) is 5.56 Å². The van der Waals surface area contributed by atoms with Gasteiger partial charge in [-0.1, -0.05) is 50.2 Å². The van der Waals surface area contributed by atoms with E-state index in [0.29, 0.717) is 0 Å². The van der Waals surface area contributed by atoms with Crippen molar-refractivity contribution in [1.82, 2.24) is 29.4 Å². The van der Waals surface area contributed by atoms with Crippen LogP contribution < -0.4 is 10.0 Å². The molecule has 0 spiro atoms. The number of rotatable bonds is 7. The largest absolute Gasteiger partial charge is 0.338 e. The SMILES string of the molecule is CC(C)CS(=O)(=O)NC1CCN(Cc2ccc(-c3nnc4n3-c3cccnc3Nc3ccccc3-4)cc2)CC1. The molecule has 202 valence electrons. The van der Waals surface area contributed by atoms with Crippen LogP contribution in [0.1, 0.15) is 32.3 Å². The number of anilines is 2. The zero-order valence-corrected chi connectivity index (χ0v) is 23.0. The van der Waals surface area contributed by atoms with Crippen LogP contribution in [0.25, 0.3) is 28.5 Å². The molecule has 0 atom stereocenters. The molecule has 2 aromatic carbocycles. The van der Waals surface area contributed by atoms with Gasteiger partial charge in [-0.15, -0.1) is 10.2 Å². The summed E-state index contributed by atoms with van der Waals surface area (Å²) in [5, 5.41) is 12.6. The molecule has 1 fully saturated rings. The third kappa shape index (κ3) is 5.45. The van der Waals surface area contributed by atoms with Crippen LogP contribution in [0, 0.1) is 5.92 Å². The van der Waals surface area contributed by atoms with Crippen LogP contribution in [0.3, 0.4) is 0 Å². The first-order chi connectivity index (χ1) is 18.9. The number of piperidine rings is 1. The second-order valence-electron chi connectivity index (χ2n) is 10.8. The lowest BCUT2D eigenvalue weighted by Crippen LogP contribution is -2.45. The molecule has 0 saturated carbocycles. The van der Waals surface area contributed by atoms with E-state index in [1.54, 1.807) is 6.20 Å². The highest BCUT2D eigenvalue weighted by molar-refractivity contribution is 7.89. The van der Waals surface area contributed by atoms with Crippen LogP contribution in [-0.2, 0) is 16.6 Å². The molecule has 2 aromatic heterocycles. The quantitative estimate of drug-likeness (QED) is 0.309. The molecule has 2 aliphatic rings. The van der Waals surface area contributed by atoms with E-state index in [0.717, 1.165) is 72.4 Å². The van der Waals surface area contributed by atoms with E-state index in [-0.39, 0.29) is 17.7 Å². The number of hydrogen-bond acceptors (Lipinski definition) is 7. The van der Waals surface area contributed by atoms with Gasteiger partial charge in [0.1, 0.15) is 0 Å². The lowest BCUT2D eigenvalue weighted by Gasteiger charge is -2.32. The van der Waals surface area contributed by atoms with Crippen molar-refractivity contribution >= 4 is 21.5 Å². The van der Waals surface area contributed by atoms with Crippen LogP contribution in [0.4, 0.5) is 11.5 Å². The maximum Gasteiger partial charge on any atom is 0.212 e. The van der Waals surface area contributed by atoms with E-state index in [4.69, 9.17) is 0 Å². The second kappa shape index (κ2) is 10.5. The topological polar surface area (TPSA) is 105 Å². The third-order valence-electron chi connectivity index (χ3n) is 7.22. The van der Waals surface area contributed by atoms with Crippen LogP contribution in [0.2, 0.25) is 0 Å². The molecule has 2 N–H and O–H groups in total. The molecular weight excluding hydrogens is 510 g/mol. The summed E-state index contributed by atoms with van der Waals surface area (Å²) in [6, 6.07) is 20.5. The fourth-order valence-corrected chi connectivity index (χ4v) is 7.15. The summed E-state index contributed by atoms with van der Waals surface area (Å²) >= 11 is 0. The Morgan fingerprint density at radius 1 is 0.974 bits per heavy atom. The van der Waals surface area contributed by atoms with Crippen molar-refractivity contribution < 1.29 is 8.42 Å². The Hall–Kier alpha value is -3.60. The highest BCUT2D eigenvalue weighted by atomic mass is 32.2. The number of pyridine rings is 1. The van der Waals surface area contributed by atoms with Crippen molar-refractivity contribution in [2.24, 2.45) is 5.92 Å². The Kier molecular flexibility index (Phi) is 6.92. The minimum atomic E-state index is -3.22. The van der Waals surface area contributed by atoms with Gasteiger partial charge in [-0.25, -0.2) is 18.1 Å². The third-order valence-corrected chi connectivity index (χ3v) is 9.01. The molecule has 4 aromatic rings. The predicted octanol–water partition coefficient (Wildman–Crippen LogP) is 4.59. The molecule has 4 heterocycles. The summed E-state index contributed by atoms with van der Waals surface area (Å²) in [5.41, 5.74) is 5.01. The Balaban J connectivity index is 1.18. The highest BCUT2D eigenvalue weighted by Gasteiger charge is 2.26. The minimum absolute atomic E-state index is 0.0209. The van der Waals surface area contributed by atoms with Crippen LogP contribution in [0.15, 0.2) is 66.9 Å². The Morgan fingerprint density at radius 3 is 2.49 bits per heavy atom. The Labute approximate surface area is 229 Å². The summed E-state index contributed by atoms with van der Waals surface area (Å²) in [5.74, 6) is 2.60. The summed E-state index contributed by atoms with van der Waals surface area (Å²) in [7, 11) is -3.22. The lowest BCUT2D eigenvalue weighted by molar-refractivity contribution is 0.200. The summed E-state index contributed by atoms with van der Waals surface area (Å²) in [6.07, 6.45) is 3.43. The van der Waals surface area contributed by atoms with E-state index in [9.17, 15) is 8.42 Å². The Bertz CT molecular complexity index is 1570. The molecule has 0 radical (unpaired) electrons. The number of sulfonamides is 1. The minimum Gasteiger partial charge on any atom is -0.338 e. The fraction of sp³-hybridized carbons (Fsp3) is 0.345. The van der Waals surface area contributed by atoms with Crippen LogP contribution in [-0.4, -0.2) is 58.0 Å². The molecule has 0 amide bonds. The van der Waals surface area contributed by atoms with Gasteiger partial charge in [0.25, 0.3) is 0 Å². The van der Waals surface area contributed by atoms with Gasteiger partial charge in [0, 0.05) is 43.0 Å². The fourth-order valence-electron chi connectivity index (χ4n) is 5.43. The number of fused-ring (bicyclic) bond motifs is 5. The average Bonchev–Trinajstić information content (AvgIpc) is 3.29. The maximum atomic E-state index is 12.3. The van der Waals surface area contributed by atoms with Crippen molar-refractivity contribution in [2.45, 2.75) is 39.3 Å². The van der Waals surface area contributed by atoms with Gasteiger partial charge < -0.3 is 5.32 Å². The average molecular weight is 544 g/mol. The normalized spacial score (nSPS) is 15.8. The molecule has 0 aliphatic carbocycles. The standard InChI is InChI=1S/C29H33N7O2S/c1-20(2)19-39(37,38)34-23-13-16-35(17-14-23)18-21-9-11-22(12-10-21)28-32-33-29-24-6-3-4-7-25(24)31-27-26(36(28)29)8-5-15-30-27/h3-12,15,20,23,34H,13-14,16-19H2,1-2H3,(H,30,31). The molecule has 9 nitrogen and oxygen atoms in total. The molecule has 6 rings (SSSR count). The first-order valence-electron chi connectivity index (χ1n) is 13.5. The number of hydrogen-bond donors (Lipinski definition) is 2. The second-order valence-corrected chi connectivity index (χ2v) is 12.6. The monoisotopic (exact) mass is 543 g/mol.